The molecule has 0 spiro atoms. The van der Waals surface area contributed by atoms with Crippen LogP contribution in [-0.4, -0.2) is 52.3 Å². The van der Waals surface area contributed by atoms with E-state index < -0.39 is 38.6 Å². The third-order valence-corrected chi connectivity index (χ3v) is 8.04. The van der Waals surface area contributed by atoms with Gasteiger partial charge in [0.1, 0.15) is 6.61 Å². The molecule has 0 aliphatic rings. The minimum atomic E-state index is -4.81. The summed E-state index contributed by atoms with van der Waals surface area (Å²) in [5, 5.41) is 9.97. The maximum Gasteiger partial charge on any atom is 0.469 e. The molecular formula is C45H69O9P. The number of esters is 2. The number of hydrogen-bond donors (Lipinski definition) is 3. The van der Waals surface area contributed by atoms with E-state index in [1.165, 1.54) is 25.7 Å². The lowest BCUT2D eigenvalue weighted by Crippen LogP contribution is -2.29. The predicted octanol–water partition coefficient (Wildman–Crippen LogP) is 11.1. The van der Waals surface area contributed by atoms with Crippen molar-refractivity contribution in [2.75, 3.05) is 13.2 Å². The Morgan fingerprint density at radius 1 is 0.582 bits per heavy atom. The summed E-state index contributed by atoms with van der Waals surface area (Å²) < 4.78 is 26.2. The quantitative estimate of drug-likeness (QED) is 0.0191. The molecular weight excluding hydrogens is 715 g/mol. The van der Waals surface area contributed by atoms with Gasteiger partial charge >= 0.3 is 19.8 Å². The second kappa shape index (κ2) is 38.7. The number of carbonyl (C=O) groups excluding carboxylic acids is 2. The van der Waals surface area contributed by atoms with Crippen molar-refractivity contribution in [1.82, 2.24) is 0 Å². The van der Waals surface area contributed by atoms with Crippen molar-refractivity contribution in [3.8, 4) is 0 Å². The van der Waals surface area contributed by atoms with Gasteiger partial charge in [-0.05, 0) is 83.5 Å². The number of aliphatic hydroxyl groups is 1. The summed E-state index contributed by atoms with van der Waals surface area (Å²) in [5.41, 5.74) is 0. The van der Waals surface area contributed by atoms with E-state index in [-0.39, 0.29) is 19.4 Å². The predicted molar refractivity (Wildman–Crippen MR) is 226 cm³/mol. The second-order valence-corrected chi connectivity index (χ2v) is 14.0. The van der Waals surface area contributed by atoms with Gasteiger partial charge in [-0.2, -0.15) is 0 Å². The molecule has 10 heteroatoms. The zero-order valence-corrected chi connectivity index (χ0v) is 34.3. The lowest BCUT2D eigenvalue weighted by molar-refractivity contribution is -0.161. The number of hydrogen-bond acceptors (Lipinski definition) is 7. The van der Waals surface area contributed by atoms with Gasteiger partial charge in [0, 0.05) is 12.8 Å². The summed E-state index contributed by atoms with van der Waals surface area (Å²) in [7, 11) is -4.81. The average Bonchev–Trinajstić information content (AvgIpc) is 3.15. The minimum absolute atomic E-state index is 0.0558. The van der Waals surface area contributed by atoms with Gasteiger partial charge in [0.2, 0.25) is 0 Å². The van der Waals surface area contributed by atoms with E-state index >= 15 is 0 Å². The third kappa shape index (κ3) is 41.4. The standard InChI is InChI=1S/C45H69O9P/c1-3-5-7-9-11-12-13-14-15-16-17-18-19-20-21-22-27-31-35-39-45(48)54-43(41-53-55(49,50)51)40-52-44(47)38-34-30-26-24-23-25-29-33-37-42(46)36-32-28-10-8-6-4-2/h6,8,11-12,14-15,17-18,20-21,24-29,31-33,37,42-43,46H,3-5,7,9-10,13,16,19,22-23,30,34-36,38-41H2,1-2H3,(H2,49,50,51)/b8-6-,12-11-,15-14-,18-17-,21-20-,26-24-,29-25-,31-27-,32-28-,37-33+/t42?,43-/m1/s1. The molecule has 0 aliphatic carbocycles. The van der Waals surface area contributed by atoms with E-state index in [9.17, 15) is 19.3 Å². The zero-order valence-electron chi connectivity index (χ0n) is 33.4. The fraction of sp³-hybridized carbons (Fsp3) is 0.511. The maximum atomic E-state index is 12.4. The van der Waals surface area contributed by atoms with Crippen LogP contribution in [-0.2, 0) is 28.2 Å². The Balaban J connectivity index is 4.27. The minimum Gasteiger partial charge on any atom is -0.462 e. The van der Waals surface area contributed by atoms with Crippen molar-refractivity contribution in [1.29, 1.82) is 0 Å². The van der Waals surface area contributed by atoms with Gasteiger partial charge in [0.15, 0.2) is 6.10 Å². The first-order valence-electron chi connectivity index (χ1n) is 19.9. The highest BCUT2D eigenvalue weighted by atomic mass is 31.2. The highest BCUT2D eigenvalue weighted by molar-refractivity contribution is 7.46. The van der Waals surface area contributed by atoms with Gasteiger partial charge < -0.3 is 24.4 Å². The molecule has 0 heterocycles. The fourth-order valence-electron chi connectivity index (χ4n) is 4.59. The van der Waals surface area contributed by atoms with Crippen LogP contribution in [0.4, 0.5) is 0 Å². The topological polar surface area (TPSA) is 140 Å². The van der Waals surface area contributed by atoms with E-state index in [2.05, 4.69) is 79.1 Å². The monoisotopic (exact) mass is 784 g/mol. The van der Waals surface area contributed by atoms with Crippen molar-refractivity contribution in [2.24, 2.45) is 0 Å². The molecule has 0 aromatic rings. The molecule has 0 aromatic heterocycles. The Hall–Kier alpha value is -3.59. The van der Waals surface area contributed by atoms with Crippen LogP contribution in [0.3, 0.4) is 0 Å². The molecule has 2 atom stereocenters. The number of allylic oxidation sites excluding steroid dienone is 18. The number of phosphoric acid groups is 1. The molecule has 9 nitrogen and oxygen atoms in total. The van der Waals surface area contributed by atoms with Crippen LogP contribution in [0.2, 0.25) is 0 Å². The molecule has 0 rings (SSSR count). The number of aliphatic hydroxyl groups excluding tert-OH is 1. The number of carbonyl (C=O) groups is 2. The van der Waals surface area contributed by atoms with Crippen LogP contribution in [0.15, 0.2) is 122 Å². The number of phosphoric ester groups is 1. The lowest BCUT2D eigenvalue weighted by Gasteiger charge is -2.18. The number of unbranched alkanes of at least 4 members (excludes halogenated alkanes) is 4. The average molecular weight is 785 g/mol. The smallest absolute Gasteiger partial charge is 0.462 e. The van der Waals surface area contributed by atoms with Gasteiger partial charge in [-0.15, -0.1) is 0 Å². The van der Waals surface area contributed by atoms with Gasteiger partial charge in [-0.25, -0.2) is 4.57 Å². The zero-order chi connectivity index (χ0) is 40.5. The summed E-state index contributed by atoms with van der Waals surface area (Å²) in [6, 6.07) is 0. The number of rotatable bonds is 34. The molecule has 0 aromatic carbocycles. The van der Waals surface area contributed by atoms with Crippen LogP contribution in [0.25, 0.3) is 0 Å². The van der Waals surface area contributed by atoms with Gasteiger partial charge in [-0.1, -0.05) is 148 Å². The molecule has 0 radical (unpaired) electrons. The van der Waals surface area contributed by atoms with Crippen LogP contribution in [0.5, 0.6) is 0 Å². The van der Waals surface area contributed by atoms with Crippen molar-refractivity contribution in [3.63, 3.8) is 0 Å². The van der Waals surface area contributed by atoms with E-state index in [1.807, 2.05) is 54.7 Å². The first-order valence-corrected chi connectivity index (χ1v) is 21.5. The summed E-state index contributed by atoms with van der Waals surface area (Å²) in [4.78, 5) is 42.7. The Morgan fingerprint density at radius 3 is 1.69 bits per heavy atom. The van der Waals surface area contributed by atoms with Crippen molar-refractivity contribution in [3.05, 3.63) is 122 Å². The Labute approximate surface area is 331 Å². The Kier molecular flexibility index (Phi) is 36.2. The largest absolute Gasteiger partial charge is 0.469 e. The molecule has 0 fully saturated rings. The van der Waals surface area contributed by atoms with Crippen LogP contribution in [0, 0.1) is 0 Å². The van der Waals surface area contributed by atoms with Gasteiger partial charge in [0.05, 0.1) is 12.7 Å². The summed E-state index contributed by atoms with van der Waals surface area (Å²) in [6.45, 7) is 3.33. The molecule has 0 bridgehead atoms. The van der Waals surface area contributed by atoms with Crippen LogP contribution in [0.1, 0.15) is 123 Å². The second-order valence-electron chi connectivity index (χ2n) is 12.7. The van der Waals surface area contributed by atoms with Crippen molar-refractivity contribution in [2.45, 2.75) is 135 Å². The summed E-state index contributed by atoms with van der Waals surface area (Å²) >= 11 is 0. The Morgan fingerprint density at radius 2 is 1.11 bits per heavy atom. The molecule has 1 unspecified atom stereocenters. The van der Waals surface area contributed by atoms with Crippen molar-refractivity contribution >= 4 is 19.8 Å². The first-order chi connectivity index (χ1) is 26.7. The fourth-order valence-corrected chi connectivity index (χ4v) is 4.95. The molecule has 3 N–H and O–H groups in total. The van der Waals surface area contributed by atoms with Crippen LogP contribution >= 0.6 is 7.82 Å². The first kappa shape index (κ1) is 51.4. The van der Waals surface area contributed by atoms with E-state index in [0.717, 1.165) is 38.5 Å². The van der Waals surface area contributed by atoms with Crippen molar-refractivity contribution < 1.29 is 43.0 Å². The maximum absolute atomic E-state index is 12.4. The molecule has 0 amide bonds. The van der Waals surface area contributed by atoms with Crippen LogP contribution < -0.4 is 0 Å². The van der Waals surface area contributed by atoms with Gasteiger partial charge in [-0.3, -0.25) is 14.1 Å². The molecule has 308 valence electrons. The summed E-state index contributed by atoms with van der Waals surface area (Å²) in [5.74, 6) is -1.10. The lowest BCUT2D eigenvalue weighted by atomic mass is 10.2. The highest BCUT2D eigenvalue weighted by Crippen LogP contribution is 2.35. The SMILES string of the molecule is CC/C=C\C/C=C\CC(O)/C=C/C=C\C/C=C\CCCC(=O)OC[C@H](COP(=O)(O)O)OC(=O)CC/C=C\C/C=C\C/C=C\C/C=C\C/C=C\CCCCC. The van der Waals surface area contributed by atoms with E-state index in [0.29, 0.717) is 32.1 Å². The molecule has 0 saturated heterocycles. The molecule has 55 heavy (non-hydrogen) atoms. The number of ether oxygens (including phenoxy) is 2. The van der Waals surface area contributed by atoms with E-state index in [4.69, 9.17) is 19.3 Å². The highest BCUT2D eigenvalue weighted by Gasteiger charge is 2.22. The molecule has 0 saturated carbocycles. The molecule has 0 aliphatic heterocycles. The Bertz CT molecular complexity index is 1310. The van der Waals surface area contributed by atoms with E-state index in [1.54, 1.807) is 6.08 Å². The normalized spacial score (nSPS) is 14.3. The third-order valence-electron chi connectivity index (χ3n) is 7.56. The van der Waals surface area contributed by atoms with Gasteiger partial charge in [0.25, 0.3) is 0 Å². The summed E-state index contributed by atoms with van der Waals surface area (Å²) in [6.07, 6.45) is 52.5.